The number of rotatable bonds is 3. The zero-order valence-electron chi connectivity index (χ0n) is 12.3. The Bertz CT molecular complexity index is 382. The molecule has 1 aliphatic heterocycles. The third-order valence-electron chi connectivity index (χ3n) is 4.11. The fraction of sp³-hybridized carbons (Fsp3) is 0.647. The lowest BCUT2D eigenvalue weighted by Crippen LogP contribution is -2.59. The van der Waals surface area contributed by atoms with Crippen LogP contribution in [0.25, 0.3) is 0 Å². The fourth-order valence-electron chi connectivity index (χ4n) is 3.86. The van der Waals surface area contributed by atoms with Gasteiger partial charge in [0.2, 0.25) is 0 Å². The summed E-state index contributed by atoms with van der Waals surface area (Å²) in [5, 5.41) is 3.87. The molecule has 1 saturated heterocycles. The van der Waals surface area contributed by atoms with Crippen molar-refractivity contribution in [1.29, 1.82) is 0 Å². The minimum Gasteiger partial charge on any atom is -0.307 e. The van der Waals surface area contributed by atoms with Crippen LogP contribution in [0.15, 0.2) is 30.3 Å². The molecule has 1 aliphatic rings. The first kappa shape index (κ1) is 13.6. The van der Waals surface area contributed by atoms with Crippen molar-refractivity contribution in [2.75, 3.05) is 0 Å². The number of aryl methyl sites for hydroxylation is 1. The minimum atomic E-state index is 0.281. The average Bonchev–Trinajstić information content (AvgIpc) is 2.24. The SMILES string of the molecule is CC1CC(C)(C)NC(C)(CCc2ccccc2)C1. The molecule has 0 bridgehead atoms. The predicted octanol–water partition coefficient (Wildman–Crippen LogP) is 4.18. The molecule has 2 rings (SSSR count). The molecule has 0 aromatic heterocycles. The van der Waals surface area contributed by atoms with Gasteiger partial charge >= 0.3 is 0 Å². The molecular formula is C17H27N. The second kappa shape index (κ2) is 5.05. The van der Waals surface area contributed by atoms with E-state index in [4.69, 9.17) is 0 Å². The highest BCUT2D eigenvalue weighted by molar-refractivity contribution is 5.15. The van der Waals surface area contributed by atoms with Crippen LogP contribution in [-0.2, 0) is 6.42 Å². The maximum Gasteiger partial charge on any atom is 0.0164 e. The first-order valence-electron chi connectivity index (χ1n) is 7.22. The first-order valence-corrected chi connectivity index (χ1v) is 7.22. The number of hydrogen-bond donors (Lipinski definition) is 1. The molecule has 0 saturated carbocycles. The zero-order chi connectivity index (χ0) is 13.2. The first-order chi connectivity index (χ1) is 8.39. The fourth-order valence-corrected chi connectivity index (χ4v) is 3.86. The summed E-state index contributed by atoms with van der Waals surface area (Å²) in [6, 6.07) is 10.8. The smallest absolute Gasteiger partial charge is 0.0164 e. The van der Waals surface area contributed by atoms with E-state index in [0.29, 0.717) is 0 Å². The Hall–Kier alpha value is -0.820. The van der Waals surface area contributed by atoms with E-state index in [2.05, 4.69) is 63.3 Å². The standard InChI is InChI=1S/C17H27N/c1-14-12-16(2,3)18-17(4,13-14)11-10-15-8-6-5-7-9-15/h5-9,14,18H,10-13H2,1-4H3. The van der Waals surface area contributed by atoms with Crippen LogP contribution in [0, 0.1) is 5.92 Å². The Morgan fingerprint density at radius 1 is 1.11 bits per heavy atom. The lowest BCUT2D eigenvalue weighted by Gasteiger charge is -2.47. The van der Waals surface area contributed by atoms with E-state index in [9.17, 15) is 0 Å². The molecule has 2 atom stereocenters. The van der Waals surface area contributed by atoms with Crippen LogP contribution in [0.2, 0.25) is 0 Å². The van der Waals surface area contributed by atoms with Gasteiger partial charge in [0.05, 0.1) is 0 Å². The molecule has 1 aromatic rings. The molecule has 1 heteroatoms. The average molecular weight is 245 g/mol. The van der Waals surface area contributed by atoms with Gasteiger partial charge in [0.1, 0.15) is 0 Å². The van der Waals surface area contributed by atoms with Gasteiger partial charge in [-0.3, -0.25) is 0 Å². The highest BCUT2D eigenvalue weighted by atomic mass is 15.1. The van der Waals surface area contributed by atoms with Crippen molar-refractivity contribution in [3.63, 3.8) is 0 Å². The molecule has 1 fully saturated rings. The van der Waals surface area contributed by atoms with Crippen LogP contribution in [0.1, 0.15) is 52.5 Å². The van der Waals surface area contributed by atoms with Crippen molar-refractivity contribution in [1.82, 2.24) is 5.32 Å². The van der Waals surface area contributed by atoms with Crippen molar-refractivity contribution in [3.8, 4) is 0 Å². The topological polar surface area (TPSA) is 12.0 Å². The van der Waals surface area contributed by atoms with Gasteiger partial charge in [0.15, 0.2) is 0 Å². The molecule has 0 amide bonds. The van der Waals surface area contributed by atoms with Crippen molar-refractivity contribution in [2.24, 2.45) is 5.92 Å². The van der Waals surface area contributed by atoms with Crippen LogP contribution < -0.4 is 5.32 Å². The van der Waals surface area contributed by atoms with E-state index in [0.717, 1.165) is 5.92 Å². The molecule has 0 radical (unpaired) electrons. The summed E-state index contributed by atoms with van der Waals surface area (Å²) in [5.74, 6) is 0.821. The molecule has 1 N–H and O–H groups in total. The van der Waals surface area contributed by atoms with Crippen molar-refractivity contribution in [2.45, 2.75) is 64.5 Å². The molecule has 2 unspecified atom stereocenters. The van der Waals surface area contributed by atoms with Gasteiger partial charge in [-0.2, -0.15) is 0 Å². The Kier molecular flexibility index (Phi) is 3.82. The molecule has 1 aromatic carbocycles. The predicted molar refractivity (Wildman–Crippen MR) is 78.8 cm³/mol. The van der Waals surface area contributed by atoms with Gasteiger partial charge < -0.3 is 5.32 Å². The normalized spacial score (nSPS) is 31.2. The van der Waals surface area contributed by atoms with E-state index in [1.165, 1.54) is 31.2 Å². The maximum atomic E-state index is 3.87. The van der Waals surface area contributed by atoms with Gasteiger partial charge in [-0.25, -0.2) is 0 Å². The van der Waals surface area contributed by atoms with Crippen LogP contribution in [-0.4, -0.2) is 11.1 Å². The molecule has 18 heavy (non-hydrogen) atoms. The Balaban J connectivity index is 1.99. The monoisotopic (exact) mass is 245 g/mol. The van der Waals surface area contributed by atoms with Gasteiger partial charge in [-0.15, -0.1) is 0 Å². The summed E-state index contributed by atoms with van der Waals surface area (Å²) in [6.45, 7) is 9.46. The summed E-state index contributed by atoms with van der Waals surface area (Å²) in [5.41, 5.74) is 2.02. The zero-order valence-corrected chi connectivity index (χ0v) is 12.3. The molecule has 100 valence electrons. The van der Waals surface area contributed by atoms with Crippen LogP contribution in [0.4, 0.5) is 0 Å². The molecule has 1 heterocycles. The Morgan fingerprint density at radius 3 is 2.39 bits per heavy atom. The van der Waals surface area contributed by atoms with E-state index in [-0.39, 0.29) is 11.1 Å². The molecule has 0 spiro atoms. The highest BCUT2D eigenvalue weighted by Gasteiger charge is 2.38. The van der Waals surface area contributed by atoms with Gasteiger partial charge in [0.25, 0.3) is 0 Å². The second-order valence-corrected chi connectivity index (χ2v) is 7.07. The molecule has 1 nitrogen and oxygen atoms in total. The lowest BCUT2D eigenvalue weighted by atomic mass is 9.74. The summed E-state index contributed by atoms with van der Waals surface area (Å²) in [4.78, 5) is 0. The molecule has 0 aliphatic carbocycles. The summed E-state index contributed by atoms with van der Waals surface area (Å²) in [6.07, 6.45) is 4.98. The number of nitrogens with one attached hydrogen (secondary N) is 1. The van der Waals surface area contributed by atoms with Gasteiger partial charge in [-0.1, -0.05) is 37.3 Å². The number of piperidine rings is 1. The maximum absolute atomic E-state index is 3.87. The van der Waals surface area contributed by atoms with Crippen molar-refractivity contribution in [3.05, 3.63) is 35.9 Å². The van der Waals surface area contributed by atoms with Crippen LogP contribution in [0.5, 0.6) is 0 Å². The third-order valence-corrected chi connectivity index (χ3v) is 4.11. The highest BCUT2D eigenvalue weighted by Crippen LogP contribution is 2.35. The lowest BCUT2D eigenvalue weighted by molar-refractivity contribution is 0.117. The van der Waals surface area contributed by atoms with Gasteiger partial charge in [-0.05, 0) is 57.9 Å². The third kappa shape index (κ3) is 3.58. The Morgan fingerprint density at radius 2 is 1.78 bits per heavy atom. The number of hydrogen-bond acceptors (Lipinski definition) is 1. The van der Waals surface area contributed by atoms with Crippen LogP contribution >= 0.6 is 0 Å². The minimum absolute atomic E-state index is 0.281. The Labute approximate surface area is 112 Å². The van der Waals surface area contributed by atoms with E-state index < -0.39 is 0 Å². The second-order valence-electron chi connectivity index (χ2n) is 7.07. The van der Waals surface area contributed by atoms with Crippen LogP contribution in [0.3, 0.4) is 0 Å². The molecular weight excluding hydrogens is 218 g/mol. The summed E-state index contributed by atoms with van der Waals surface area (Å²) in [7, 11) is 0. The van der Waals surface area contributed by atoms with Crippen molar-refractivity contribution >= 4 is 0 Å². The van der Waals surface area contributed by atoms with Gasteiger partial charge in [0, 0.05) is 11.1 Å². The quantitative estimate of drug-likeness (QED) is 0.842. The number of benzene rings is 1. The van der Waals surface area contributed by atoms with Crippen molar-refractivity contribution < 1.29 is 0 Å². The largest absolute Gasteiger partial charge is 0.307 e. The summed E-state index contributed by atoms with van der Waals surface area (Å²) >= 11 is 0. The van der Waals surface area contributed by atoms with E-state index >= 15 is 0 Å². The summed E-state index contributed by atoms with van der Waals surface area (Å²) < 4.78 is 0. The van der Waals surface area contributed by atoms with E-state index in [1.54, 1.807) is 0 Å². The van der Waals surface area contributed by atoms with E-state index in [1.807, 2.05) is 0 Å².